The molecule has 25 heavy (non-hydrogen) atoms. The predicted molar refractivity (Wildman–Crippen MR) is 107 cm³/mol. The average Bonchev–Trinajstić information content (AvgIpc) is 2.96. The van der Waals surface area contributed by atoms with Crippen molar-refractivity contribution in [2.75, 3.05) is 17.2 Å². The first-order valence-electron chi connectivity index (χ1n) is 9.53. The van der Waals surface area contributed by atoms with Crippen molar-refractivity contribution in [3.05, 3.63) is 17.6 Å². The lowest BCUT2D eigenvalue weighted by molar-refractivity contribution is 0.586. The molecule has 0 aliphatic rings. The van der Waals surface area contributed by atoms with E-state index in [0.29, 0.717) is 5.82 Å². The van der Waals surface area contributed by atoms with Gasteiger partial charge in [0.1, 0.15) is 11.3 Å². The molecular weight excluding hydrogens is 332 g/mol. The average molecular weight is 365 g/mol. The van der Waals surface area contributed by atoms with Gasteiger partial charge in [-0.15, -0.1) is 0 Å². The molecule has 0 fully saturated rings. The van der Waals surface area contributed by atoms with E-state index in [4.69, 9.17) is 10.7 Å². The van der Waals surface area contributed by atoms with Crippen molar-refractivity contribution in [3.8, 4) is 0 Å². The number of unbranched alkanes of at least 4 members (excludes halogenated alkanes) is 3. The van der Waals surface area contributed by atoms with E-state index >= 15 is 0 Å². The maximum atomic E-state index is 11.9. The summed E-state index contributed by atoms with van der Waals surface area (Å²) in [5.74, 6) is 3.31. The van der Waals surface area contributed by atoms with Crippen LogP contribution in [0.1, 0.15) is 63.8 Å². The molecule has 0 saturated heterocycles. The fourth-order valence-electron chi connectivity index (χ4n) is 3.14. The molecule has 0 aliphatic heterocycles. The van der Waals surface area contributed by atoms with Crippen molar-refractivity contribution in [2.24, 2.45) is 0 Å². The third kappa shape index (κ3) is 5.27. The van der Waals surface area contributed by atoms with Gasteiger partial charge in [-0.25, -0.2) is 9.97 Å². The molecule has 2 rings (SSSR count). The van der Waals surface area contributed by atoms with E-state index in [-0.39, 0.29) is 0 Å². The van der Waals surface area contributed by atoms with Crippen molar-refractivity contribution in [1.82, 2.24) is 14.5 Å². The summed E-state index contributed by atoms with van der Waals surface area (Å²) in [4.78, 5) is 8.99. The van der Waals surface area contributed by atoms with Crippen LogP contribution in [0.15, 0.2) is 6.20 Å². The van der Waals surface area contributed by atoms with Crippen LogP contribution in [0.5, 0.6) is 0 Å². The molecule has 140 valence electrons. The minimum absolute atomic E-state index is 0.517. The molecular formula is C19H32N4OS. The number of hydrogen-bond donors (Lipinski definition) is 1. The third-order valence-electron chi connectivity index (χ3n) is 4.51. The van der Waals surface area contributed by atoms with E-state index in [2.05, 4.69) is 30.3 Å². The second-order valence-corrected chi connectivity index (χ2v) is 8.41. The van der Waals surface area contributed by atoms with Gasteiger partial charge >= 0.3 is 0 Å². The Balaban J connectivity index is 1.99. The number of aryl methyl sites for hydroxylation is 3. The molecule has 0 bridgehead atoms. The van der Waals surface area contributed by atoms with Gasteiger partial charge < -0.3 is 10.3 Å². The molecule has 2 N–H and O–H groups in total. The van der Waals surface area contributed by atoms with Crippen molar-refractivity contribution in [1.29, 1.82) is 0 Å². The SMILES string of the molecule is CCCCS(=O)CCCCCn1c(CCC)nc2c(N)ncc(C)c21. The van der Waals surface area contributed by atoms with E-state index in [1.165, 1.54) is 0 Å². The molecule has 2 heterocycles. The molecule has 0 radical (unpaired) electrons. The zero-order valence-electron chi connectivity index (χ0n) is 15.9. The molecule has 1 unspecified atom stereocenters. The van der Waals surface area contributed by atoms with Gasteiger partial charge in [-0.3, -0.25) is 4.21 Å². The molecule has 2 aromatic rings. The molecule has 0 aliphatic carbocycles. The number of nitrogens with zero attached hydrogens (tertiary/aromatic N) is 3. The van der Waals surface area contributed by atoms with Crippen LogP contribution in [0, 0.1) is 6.92 Å². The Labute approximate surface area is 153 Å². The highest BCUT2D eigenvalue weighted by molar-refractivity contribution is 7.84. The van der Waals surface area contributed by atoms with E-state index in [1.54, 1.807) is 0 Å². The topological polar surface area (TPSA) is 73.8 Å². The highest BCUT2D eigenvalue weighted by Gasteiger charge is 2.15. The van der Waals surface area contributed by atoms with Crippen LogP contribution >= 0.6 is 0 Å². The summed E-state index contributed by atoms with van der Waals surface area (Å²) in [6.45, 7) is 7.33. The Kier molecular flexibility index (Phi) is 7.88. The van der Waals surface area contributed by atoms with Gasteiger partial charge in [-0.2, -0.15) is 0 Å². The Morgan fingerprint density at radius 3 is 2.60 bits per heavy atom. The number of aromatic nitrogens is 3. The highest BCUT2D eigenvalue weighted by Crippen LogP contribution is 2.25. The zero-order chi connectivity index (χ0) is 18.2. The Morgan fingerprint density at radius 2 is 1.88 bits per heavy atom. The normalized spacial score (nSPS) is 12.8. The summed E-state index contributed by atoms with van der Waals surface area (Å²) in [5, 5.41) is 0. The standard InChI is InChI=1S/C19H32N4OS/c1-4-6-12-25(24)13-9-7-8-11-23-16(10-5-2)22-17-18(23)15(3)14-21-19(17)20/h14H,4-13H2,1-3H3,(H2,20,21). The van der Waals surface area contributed by atoms with Crippen LogP contribution in [0.25, 0.3) is 11.0 Å². The lowest BCUT2D eigenvalue weighted by Gasteiger charge is -2.10. The highest BCUT2D eigenvalue weighted by atomic mass is 32.2. The quantitative estimate of drug-likeness (QED) is 0.612. The second-order valence-electron chi connectivity index (χ2n) is 6.72. The number of fused-ring (bicyclic) bond motifs is 1. The number of nitrogens with two attached hydrogens (primary N) is 1. The number of nitrogen functional groups attached to an aromatic ring is 1. The van der Waals surface area contributed by atoms with Crippen molar-refractivity contribution in [3.63, 3.8) is 0 Å². The van der Waals surface area contributed by atoms with E-state index in [1.807, 2.05) is 6.20 Å². The first kappa shape index (κ1) is 19.9. The van der Waals surface area contributed by atoms with Gasteiger partial charge in [-0.1, -0.05) is 26.7 Å². The molecule has 6 heteroatoms. The summed E-state index contributed by atoms with van der Waals surface area (Å²) in [6.07, 6.45) is 9.26. The van der Waals surface area contributed by atoms with Crippen molar-refractivity contribution >= 4 is 27.7 Å². The van der Waals surface area contributed by atoms with Crippen LogP contribution in [0.3, 0.4) is 0 Å². The number of hydrogen-bond acceptors (Lipinski definition) is 4. The predicted octanol–water partition coefficient (Wildman–Crippen LogP) is 3.99. The Morgan fingerprint density at radius 1 is 1.12 bits per heavy atom. The molecule has 0 spiro atoms. The lowest BCUT2D eigenvalue weighted by atomic mass is 10.2. The summed E-state index contributed by atoms with van der Waals surface area (Å²) in [7, 11) is -0.640. The third-order valence-corrected chi connectivity index (χ3v) is 6.00. The molecule has 5 nitrogen and oxygen atoms in total. The molecule has 0 amide bonds. The number of imidazole rings is 1. The fraction of sp³-hybridized carbons (Fsp3) is 0.684. The van der Waals surface area contributed by atoms with Gasteiger partial charge in [-0.05, 0) is 38.2 Å². The van der Waals surface area contributed by atoms with Gasteiger partial charge in [0.05, 0.1) is 5.52 Å². The largest absolute Gasteiger partial charge is 0.382 e. The maximum absolute atomic E-state index is 11.9. The monoisotopic (exact) mass is 364 g/mol. The smallest absolute Gasteiger partial charge is 0.151 e. The molecule has 0 saturated carbocycles. The molecule has 1 atom stereocenters. The van der Waals surface area contributed by atoms with E-state index < -0.39 is 10.8 Å². The lowest BCUT2D eigenvalue weighted by Crippen LogP contribution is -2.06. The summed E-state index contributed by atoms with van der Waals surface area (Å²) < 4.78 is 14.2. The van der Waals surface area contributed by atoms with Crippen molar-refractivity contribution in [2.45, 2.75) is 72.3 Å². The van der Waals surface area contributed by atoms with Crippen LogP contribution in [0.2, 0.25) is 0 Å². The number of anilines is 1. The van der Waals surface area contributed by atoms with Gasteiger partial charge in [0.15, 0.2) is 5.82 Å². The fourth-order valence-corrected chi connectivity index (χ4v) is 4.48. The second kappa shape index (κ2) is 9.90. The first-order valence-corrected chi connectivity index (χ1v) is 11.0. The van der Waals surface area contributed by atoms with E-state index in [0.717, 1.165) is 85.4 Å². The van der Waals surface area contributed by atoms with Gasteiger partial charge in [0.25, 0.3) is 0 Å². The van der Waals surface area contributed by atoms with Crippen LogP contribution in [-0.2, 0) is 23.8 Å². The van der Waals surface area contributed by atoms with Crippen LogP contribution in [0.4, 0.5) is 5.82 Å². The van der Waals surface area contributed by atoms with Crippen LogP contribution < -0.4 is 5.73 Å². The maximum Gasteiger partial charge on any atom is 0.151 e. The summed E-state index contributed by atoms with van der Waals surface area (Å²) in [6, 6.07) is 0. The summed E-state index contributed by atoms with van der Waals surface area (Å²) in [5.41, 5.74) is 9.12. The van der Waals surface area contributed by atoms with Crippen LogP contribution in [-0.4, -0.2) is 30.2 Å². The Bertz CT molecular complexity index is 711. The number of pyridine rings is 1. The molecule has 2 aromatic heterocycles. The van der Waals surface area contributed by atoms with E-state index in [9.17, 15) is 4.21 Å². The number of rotatable bonds is 11. The minimum Gasteiger partial charge on any atom is -0.382 e. The zero-order valence-corrected chi connectivity index (χ0v) is 16.7. The van der Waals surface area contributed by atoms with Gasteiger partial charge in [0, 0.05) is 41.5 Å². The summed E-state index contributed by atoms with van der Waals surface area (Å²) >= 11 is 0. The van der Waals surface area contributed by atoms with Crippen molar-refractivity contribution < 1.29 is 4.21 Å². The molecule has 0 aromatic carbocycles. The first-order chi connectivity index (χ1) is 12.1. The Hall–Kier alpha value is -1.43. The van der Waals surface area contributed by atoms with Gasteiger partial charge in [0.2, 0.25) is 0 Å². The minimum atomic E-state index is -0.640.